The van der Waals surface area contributed by atoms with Crippen LogP contribution in [0.25, 0.3) is 32.6 Å². The molecule has 0 bridgehead atoms. The molecule has 5 rings (SSSR count). The molecule has 1 saturated heterocycles. The predicted octanol–water partition coefficient (Wildman–Crippen LogP) is 5.76. The van der Waals surface area contributed by atoms with E-state index in [0.717, 1.165) is 27.5 Å². The van der Waals surface area contributed by atoms with E-state index in [4.69, 9.17) is 4.74 Å². The number of nitrogens with zero attached hydrogens (tertiary/aromatic N) is 2. The lowest BCUT2D eigenvalue weighted by Crippen LogP contribution is -2.22. The van der Waals surface area contributed by atoms with Crippen LogP contribution in [0, 0.1) is 5.82 Å². The number of aromatic amines is 1. The quantitative estimate of drug-likeness (QED) is 0.391. The van der Waals surface area contributed by atoms with Gasteiger partial charge in [0, 0.05) is 50.3 Å². The molecule has 1 N–H and O–H groups in total. The van der Waals surface area contributed by atoms with Crippen LogP contribution in [0.4, 0.5) is 4.39 Å². The smallest absolute Gasteiger partial charge is 0.166 e. The van der Waals surface area contributed by atoms with Crippen LogP contribution in [0.3, 0.4) is 0 Å². The fourth-order valence-electron chi connectivity index (χ4n) is 4.42. The van der Waals surface area contributed by atoms with E-state index in [9.17, 15) is 4.39 Å². The molecule has 1 aromatic carbocycles. The number of pyridine rings is 1. The van der Waals surface area contributed by atoms with Gasteiger partial charge >= 0.3 is 0 Å². The summed E-state index contributed by atoms with van der Waals surface area (Å²) in [5.41, 5.74) is 3.44. The highest BCUT2D eigenvalue weighted by Gasteiger charge is 2.21. The third-order valence-electron chi connectivity index (χ3n) is 6.10. The molecule has 4 aromatic rings. The number of aromatic nitrogens is 2. The standard InChI is InChI=1S/C24H25FN3OPS/c1-14(28-7-3-4-8-28)21-5-6-22(31-21)15-9-18-19(13-27-24(18)26-12-15)17-10-16(30)11-20(25)23(17)29-2/h5-6,9-14H,3-4,7-8,30H2,1-2H3,(H,26,27). The molecule has 2 unspecified atom stereocenters. The number of hydrogen-bond acceptors (Lipinski definition) is 4. The predicted molar refractivity (Wildman–Crippen MR) is 130 cm³/mol. The van der Waals surface area contributed by atoms with E-state index in [1.165, 1.54) is 48.9 Å². The van der Waals surface area contributed by atoms with E-state index >= 15 is 0 Å². The zero-order valence-electron chi connectivity index (χ0n) is 17.6. The lowest BCUT2D eigenvalue weighted by molar-refractivity contribution is 0.267. The average molecular weight is 454 g/mol. The Hall–Kier alpha value is -2.27. The molecular formula is C24H25FN3OPS. The number of hydrogen-bond donors (Lipinski definition) is 1. The van der Waals surface area contributed by atoms with Crippen molar-refractivity contribution in [2.24, 2.45) is 0 Å². The molecule has 0 radical (unpaired) electrons. The first kappa shape index (κ1) is 20.6. The van der Waals surface area contributed by atoms with Crippen molar-refractivity contribution in [3.63, 3.8) is 0 Å². The summed E-state index contributed by atoms with van der Waals surface area (Å²) in [6.45, 7) is 4.66. The van der Waals surface area contributed by atoms with Gasteiger partial charge in [-0.05, 0) is 68.5 Å². The van der Waals surface area contributed by atoms with Gasteiger partial charge in [0.2, 0.25) is 0 Å². The number of ether oxygens (including phenoxy) is 1. The van der Waals surface area contributed by atoms with Gasteiger partial charge in [0.1, 0.15) is 5.65 Å². The van der Waals surface area contributed by atoms with Crippen molar-refractivity contribution in [2.75, 3.05) is 20.2 Å². The van der Waals surface area contributed by atoms with Gasteiger partial charge in [-0.25, -0.2) is 9.37 Å². The van der Waals surface area contributed by atoms with Crippen LogP contribution in [-0.4, -0.2) is 35.1 Å². The first-order valence-electron chi connectivity index (χ1n) is 10.5. The Morgan fingerprint density at radius 1 is 1.19 bits per heavy atom. The summed E-state index contributed by atoms with van der Waals surface area (Å²) in [4.78, 5) is 13.0. The van der Waals surface area contributed by atoms with Crippen LogP contribution in [0.1, 0.15) is 30.7 Å². The van der Waals surface area contributed by atoms with Crippen molar-refractivity contribution in [3.05, 3.63) is 53.4 Å². The Labute approximate surface area is 187 Å². The summed E-state index contributed by atoms with van der Waals surface area (Å²) in [6.07, 6.45) is 6.36. The fraction of sp³-hybridized carbons (Fsp3) is 0.292. The molecule has 0 aliphatic carbocycles. The Kier molecular flexibility index (Phi) is 5.55. The van der Waals surface area contributed by atoms with Crippen LogP contribution in [0.5, 0.6) is 5.75 Å². The molecule has 7 heteroatoms. The van der Waals surface area contributed by atoms with Crippen molar-refractivity contribution in [1.82, 2.24) is 14.9 Å². The highest BCUT2D eigenvalue weighted by Crippen LogP contribution is 2.39. The number of benzene rings is 1. The molecular weight excluding hydrogens is 428 g/mol. The highest BCUT2D eigenvalue weighted by molar-refractivity contribution is 7.27. The number of thiophene rings is 1. The van der Waals surface area contributed by atoms with E-state index in [0.29, 0.717) is 11.6 Å². The van der Waals surface area contributed by atoms with Gasteiger partial charge in [-0.1, -0.05) is 0 Å². The summed E-state index contributed by atoms with van der Waals surface area (Å²) in [6, 6.07) is 10.4. The molecule has 0 spiro atoms. The third kappa shape index (κ3) is 3.78. The van der Waals surface area contributed by atoms with Gasteiger partial charge in [-0.15, -0.1) is 20.6 Å². The Morgan fingerprint density at radius 3 is 2.77 bits per heavy atom. The largest absolute Gasteiger partial charge is 0.493 e. The fourth-order valence-corrected chi connectivity index (χ4v) is 5.81. The molecule has 3 aromatic heterocycles. The van der Waals surface area contributed by atoms with E-state index in [-0.39, 0.29) is 11.6 Å². The van der Waals surface area contributed by atoms with Crippen LogP contribution < -0.4 is 10.0 Å². The molecule has 0 saturated carbocycles. The van der Waals surface area contributed by atoms with Gasteiger partial charge in [0.15, 0.2) is 11.6 Å². The first-order valence-corrected chi connectivity index (χ1v) is 11.9. The Bertz CT molecular complexity index is 1250. The summed E-state index contributed by atoms with van der Waals surface area (Å²) in [5, 5.41) is 1.72. The summed E-state index contributed by atoms with van der Waals surface area (Å²) >= 11 is 1.83. The van der Waals surface area contributed by atoms with Gasteiger partial charge in [-0.2, -0.15) is 0 Å². The van der Waals surface area contributed by atoms with Crippen molar-refractivity contribution in [3.8, 4) is 27.3 Å². The van der Waals surface area contributed by atoms with Crippen LogP contribution in [0.2, 0.25) is 0 Å². The van der Waals surface area contributed by atoms with Crippen molar-refractivity contribution >= 4 is 36.9 Å². The Morgan fingerprint density at radius 2 is 2.00 bits per heavy atom. The second-order valence-electron chi connectivity index (χ2n) is 8.03. The van der Waals surface area contributed by atoms with Crippen LogP contribution >= 0.6 is 20.6 Å². The SMILES string of the molecule is COc1c(F)cc(P)cc1-c1c[nH]c2ncc(-c3ccc(C(C)N4CCCC4)s3)cc12. The molecule has 4 nitrogen and oxygen atoms in total. The maximum absolute atomic E-state index is 14.5. The molecule has 4 heterocycles. The maximum Gasteiger partial charge on any atom is 0.166 e. The van der Waals surface area contributed by atoms with E-state index < -0.39 is 0 Å². The van der Waals surface area contributed by atoms with Crippen molar-refractivity contribution in [1.29, 1.82) is 0 Å². The minimum absolute atomic E-state index is 0.246. The number of rotatable bonds is 5. The summed E-state index contributed by atoms with van der Waals surface area (Å²) in [7, 11) is 4.06. The number of fused-ring (bicyclic) bond motifs is 1. The molecule has 0 amide bonds. The van der Waals surface area contributed by atoms with Crippen LogP contribution in [0.15, 0.2) is 42.7 Å². The van der Waals surface area contributed by atoms with Gasteiger partial charge in [-0.3, -0.25) is 4.90 Å². The summed E-state index contributed by atoms with van der Waals surface area (Å²) < 4.78 is 19.9. The van der Waals surface area contributed by atoms with Crippen molar-refractivity contribution < 1.29 is 9.13 Å². The molecule has 160 valence electrons. The first-order chi connectivity index (χ1) is 15.0. The number of H-pyrrole nitrogens is 1. The second-order valence-corrected chi connectivity index (χ2v) is 9.81. The van der Waals surface area contributed by atoms with Gasteiger partial charge in [0.05, 0.1) is 7.11 Å². The van der Waals surface area contributed by atoms with E-state index in [1.807, 2.05) is 29.8 Å². The highest BCUT2D eigenvalue weighted by atomic mass is 32.1. The molecule has 1 aliphatic rings. The van der Waals surface area contributed by atoms with E-state index in [2.05, 4.69) is 49.2 Å². The molecule has 31 heavy (non-hydrogen) atoms. The number of halogens is 1. The normalized spacial score (nSPS) is 15.6. The van der Waals surface area contributed by atoms with Gasteiger partial charge in [0.25, 0.3) is 0 Å². The monoisotopic (exact) mass is 453 g/mol. The maximum atomic E-state index is 14.5. The molecule has 1 fully saturated rings. The van der Waals surface area contributed by atoms with Gasteiger partial charge < -0.3 is 9.72 Å². The minimum atomic E-state index is -0.373. The average Bonchev–Trinajstić information content (AvgIpc) is 3.53. The lowest BCUT2D eigenvalue weighted by Gasteiger charge is -2.22. The third-order valence-corrected chi connectivity index (χ3v) is 7.74. The van der Waals surface area contributed by atoms with Crippen LogP contribution in [-0.2, 0) is 0 Å². The molecule has 2 atom stereocenters. The van der Waals surface area contributed by atoms with Crippen molar-refractivity contribution in [2.45, 2.75) is 25.8 Å². The Balaban J connectivity index is 1.55. The lowest BCUT2D eigenvalue weighted by atomic mass is 10.0. The number of methoxy groups -OCH3 is 1. The zero-order chi connectivity index (χ0) is 21.5. The summed E-state index contributed by atoms with van der Waals surface area (Å²) in [5.74, 6) is -0.127. The number of nitrogens with one attached hydrogen (secondary N) is 1. The number of likely N-dealkylation sites (tertiary alicyclic amines) is 1. The minimum Gasteiger partial charge on any atom is -0.493 e. The second kappa shape index (κ2) is 8.34. The molecule has 1 aliphatic heterocycles. The topological polar surface area (TPSA) is 41.1 Å². The zero-order valence-corrected chi connectivity index (χ0v) is 19.6. The van der Waals surface area contributed by atoms with E-state index in [1.54, 1.807) is 0 Å².